The van der Waals surface area contributed by atoms with Crippen molar-refractivity contribution in [3.05, 3.63) is 24.3 Å². The van der Waals surface area contributed by atoms with Crippen LogP contribution in [0, 0.1) is 0 Å². The summed E-state index contributed by atoms with van der Waals surface area (Å²) in [6, 6.07) is 8.04. The highest BCUT2D eigenvalue weighted by Crippen LogP contribution is 2.41. The maximum absolute atomic E-state index is 11.0. The van der Waals surface area contributed by atoms with E-state index in [0.29, 0.717) is 6.54 Å². The van der Waals surface area contributed by atoms with Crippen molar-refractivity contribution in [3.63, 3.8) is 0 Å². The van der Waals surface area contributed by atoms with Gasteiger partial charge in [-0.15, -0.1) is 0 Å². The molecule has 0 radical (unpaired) electrons. The standard InChI is InChI=1S/C9H6N2OS/c12-8-5-11-6-3-1-2-4-7(6)13-9(11)10-8/h1-4H,5H2. The van der Waals surface area contributed by atoms with Crippen molar-refractivity contribution in [2.24, 2.45) is 4.99 Å². The topological polar surface area (TPSA) is 32.7 Å². The number of anilines is 1. The SMILES string of the molecule is O=C1CN2C(=N1)Sc1ccccc12. The zero-order valence-corrected chi connectivity index (χ0v) is 7.54. The summed E-state index contributed by atoms with van der Waals surface area (Å²) in [6.07, 6.45) is 0. The van der Waals surface area contributed by atoms with Crippen molar-refractivity contribution in [1.29, 1.82) is 0 Å². The minimum atomic E-state index is -0.0444. The van der Waals surface area contributed by atoms with Crippen molar-refractivity contribution in [2.45, 2.75) is 4.90 Å². The summed E-state index contributed by atoms with van der Waals surface area (Å²) in [4.78, 5) is 18.1. The number of thioether (sulfide) groups is 1. The minimum Gasteiger partial charge on any atom is -0.310 e. The second-order valence-corrected chi connectivity index (χ2v) is 3.95. The maximum atomic E-state index is 11.0. The molecule has 13 heavy (non-hydrogen) atoms. The summed E-state index contributed by atoms with van der Waals surface area (Å²) in [7, 11) is 0. The Labute approximate surface area is 79.5 Å². The second-order valence-electron chi connectivity index (χ2n) is 2.94. The summed E-state index contributed by atoms with van der Waals surface area (Å²) in [5, 5.41) is 0.825. The molecule has 0 fully saturated rings. The van der Waals surface area contributed by atoms with Crippen LogP contribution >= 0.6 is 11.8 Å². The Bertz CT molecular complexity index is 427. The average Bonchev–Trinajstić information content (AvgIpc) is 2.60. The van der Waals surface area contributed by atoms with E-state index in [1.807, 2.05) is 29.2 Å². The molecule has 1 amide bonds. The predicted molar refractivity (Wildman–Crippen MR) is 52.1 cm³/mol. The predicted octanol–water partition coefficient (Wildman–Crippen LogP) is 1.49. The number of aliphatic imine (C=N–C) groups is 1. The minimum absolute atomic E-state index is 0.0444. The van der Waals surface area contributed by atoms with Gasteiger partial charge in [0.15, 0.2) is 5.17 Å². The summed E-state index contributed by atoms with van der Waals surface area (Å²) in [5.74, 6) is -0.0444. The van der Waals surface area contributed by atoms with Crippen LogP contribution in [0.3, 0.4) is 0 Å². The molecule has 2 heterocycles. The van der Waals surface area contributed by atoms with Crippen LogP contribution in [-0.4, -0.2) is 17.6 Å². The number of hydrogen-bond donors (Lipinski definition) is 0. The van der Waals surface area contributed by atoms with E-state index >= 15 is 0 Å². The van der Waals surface area contributed by atoms with Crippen LogP contribution in [0.1, 0.15) is 0 Å². The molecule has 2 aliphatic heterocycles. The van der Waals surface area contributed by atoms with E-state index in [1.165, 1.54) is 4.90 Å². The Kier molecular flexibility index (Phi) is 1.29. The molecule has 64 valence electrons. The van der Waals surface area contributed by atoms with Gasteiger partial charge in [0.2, 0.25) is 0 Å². The van der Waals surface area contributed by atoms with Crippen molar-refractivity contribution in [3.8, 4) is 0 Å². The third kappa shape index (κ3) is 0.920. The summed E-state index contributed by atoms with van der Waals surface area (Å²) in [6.45, 7) is 0.402. The molecule has 0 atom stereocenters. The van der Waals surface area contributed by atoms with Crippen LogP contribution in [0.15, 0.2) is 34.2 Å². The molecule has 4 heteroatoms. The van der Waals surface area contributed by atoms with Crippen LogP contribution in [0.5, 0.6) is 0 Å². The van der Waals surface area contributed by atoms with Crippen molar-refractivity contribution >= 4 is 28.5 Å². The fourth-order valence-electron chi connectivity index (χ4n) is 1.54. The van der Waals surface area contributed by atoms with Gasteiger partial charge in [-0.05, 0) is 23.9 Å². The lowest BCUT2D eigenvalue weighted by Crippen LogP contribution is -2.22. The monoisotopic (exact) mass is 190 g/mol. The van der Waals surface area contributed by atoms with E-state index in [2.05, 4.69) is 4.99 Å². The van der Waals surface area contributed by atoms with Crippen LogP contribution < -0.4 is 4.90 Å². The highest BCUT2D eigenvalue weighted by molar-refractivity contribution is 8.14. The first-order valence-electron chi connectivity index (χ1n) is 4.00. The Morgan fingerprint density at radius 1 is 1.38 bits per heavy atom. The molecular formula is C9H6N2OS. The third-order valence-corrected chi connectivity index (χ3v) is 3.16. The zero-order chi connectivity index (χ0) is 8.84. The number of fused-ring (bicyclic) bond motifs is 3. The molecule has 0 aromatic heterocycles. The molecule has 0 unspecified atom stereocenters. The lowest BCUT2D eigenvalue weighted by atomic mass is 10.3. The Morgan fingerprint density at radius 2 is 2.23 bits per heavy atom. The van der Waals surface area contributed by atoms with Crippen LogP contribution in [0.4, 0.5) is 5.69 Å². The van der Waals surface area contributed by atoms with Crippen molar-refractivity contribution in [2.75, 3.05) is 11.4 Å². The second kappa shape index (κ2) is 2.35. The van der Waals surface area contributed by atoms with Gasteiger partial charge in [0, 0.05) is 4.90 Å². The lowest BCUT2D eigenvalue weighted by molar-refractivity contribution is -0.115. The van der Waals surface area contributed by atoms with E-state index in [0.717, 1.165) is 10.9 Å². The average molecular weight is 190 g/mol. The molecule has 0 aliphatic carbocycles. The zero-order valence-electron chi connectivity index (χ0n) is 6.73. The summed E-state index contributed by atoms with van der Waals surface area (Å²) in [5.41, 5.74) is 1.11. The Balaban J connectivity index is 2.14. The van der Waals surface area contributed by atoms with Gasteiger partial charge < -0.3 is 4.90 Å². The largest absolute Gasteiger partial charge is 0.310 e. The first-order chi connectivity index (χ1) is 6.34. The smallest absolute Gasteiger partial charge is 0.268 e. The van der Waals surface area contributed by atoms with Gasteiger partial charge in [-0.1, -0.05) is 12.1 Å². The van der Waals surface area contributed by atoms with E-state index in [-0.39, 0.29) is 5.91 Å². The number of carbonyl (C=O) groups is 1. The molecule has 3 nitrogen and oxygen atoms in total. The van der Waals surface area contributed by atoms with E-state index < -0.39 is 0 Å². The molecule has 0 spiro atoms. The Morgan fingerprint density at radius 3 is 3.15 bits per heavy atom. The van der Waals surface area contributed by atoms with Gasteiger partial charge in [0.25, 0.3) is 5.91 Å². The van der Waals surface area contributed by atoms with Gasteiger partial charge in [-0.2, -0.15) is 4.99 Å². The van der Waals surface area contributed by atoms with Crippen LogP contribution in [0.25, 0.3) is 0 Å². The number of benzene rings is 1. The maximum Gasteiger partial charge on any atom is 0.268 e. The normalized spacial score (nSPS) is 18.6. The molecule has 3 rings (SSSR count). The number of nitrogens with zero attached hydrogens (tertiary/aromatic N) is 2. The molecule has 0 saturated carbocycles. The van der Waals surface area contributed by atoms with E-state index in [9.17, 15) is 4.79 Å². The third-order valence-electron chi connectivity index (χ3n) is 2.10. The van der Waals surface area contributed by atoms with Gasteiger partial charge in [0.05, 0.1) is 5.69 Å². The fraction of sp³-hybridized carbons (Fsp3) is 0.111. The molecule has 0 bridgehead atoms. The van der Waals surface area contributed by atoms with Gasteiger partial charge in [-0.3, -0.25) is 4.79 Å². The van der Waals surface area contributed by atoms with Crippen LogP contribution in [-0.2, 0) is 4.79 Å². The molecule has 0 saturated heterocycles. The quantitative estimate of drug-likeness (QED) is 0.621. The number of hydrogen-bond acceptors (Lipinski definition) is 3. The van der Waals surface area contributed by atoms with Crippen LogP contribution in [0.2, 0.25) is 0 Å². The highest BCUT2D eigenvalue weighted by Gasteiger charge is 2.32. The molecular weight excluding hydrogens is 184 g/mol. The number of amidine groups is 1. The first-order valence-corrected chi connectivity index (χ1v) is 4.82. The molecule has 1 aromatic carbocycles. The molecule has 1 aromatic rings. The molecule has 2 aliphatic rings. The fourth-order valence-corrected chi connectivity index (χ4v) is 2.58. The number of carbonyl (C=O) groups excluding carboxylic acids is 1. The number of amides is 1. The first kappa shape index (κ1) is 7.15. The molecule has 0 N–H and O–H groups in total. The Hall–Kier alpha value is -1.29. The van der Waals surface area contributed by atoms with Crippen molar-refractivity contribution in [1.82, 2.24) is 0 Å². The highest BCUT2D eigenvalue weighted by atomic mass is 32.2. The summed E-state index contributed by atoms with van der Waals surface area (Å²) < 4.78 is 0. The van der Waals surface area contributed by atoms with Gasteiger partial charge >= 0.3 is 0 Å². The summed E-state index contributed by atoms with van der Waals surface area (Å²) >= 11 is 1.57. The van der Waals surface area contributed by atoms with E-state index in [1.54, 1.807) is 11.8 Å². The number of para-hydroxylation sites is 1. The number of rotatable bonds is 0. The van der Waals surface area contributed by atoms with Gasteiger partial charge in [0.1, 0.15) is 6.54 Å². The lowest BCUT2D eigenvalue weighted by Gasteiger charge is -2.09. The van der Waals surface area contributed by atoms with Crippen molar-refractivity contribution < 1.29 is 4.79 Å². The van der Waals surface area contributed by atoms with Gasteiger partial charge in [-0.25, -0.2) is 0 Å². The van der Waals surface area contributed by atoms with E-state index in [4.69, 9.17) is 0 Å².